The van der Waals surface area contributed by atoms with E-state index < -0.39 is 0 Å². The van der Waals surface area contributed by atoms with Gasteiger partial charge >= 0.3 is 0 Å². The van der Waals surface area contributed by atoms with Crippen LogP contribution < -0.4 is 5.32 Å². The molecule has 92 valence electrons. The maximum Gasteiger partial charge on any atom is 0.151 e. The Balaban J connectivity index is 1.81. The van der Waals surface area contributed by atoms with Crippen LogP contribution in [0.4, 0.5) is 0 Å². The molecule has 0 aromatic heterocycles. The van der Waals surface area contributed by atoms with Crippen molar-refractivity contribution in [1.82, 2.24) is 5.32 Å². The third-order valence-electron chi connectivity index (χ3n) is 2.85. The minimum atomic E-state index is 0.148. The summed E-state index contributed by atoms with van der Waals surface area (Å²) < 4.78 is 0. The van der Waals surface area contributed by atoms with E-state index in [0.717, 1.165) is 18.0 Å². The Kier molecular flexibility index (Phi) is 4.43. The number of Topliss-reactive ketones (excluding diaryl/α,β-unsaturated/α-hetero) is 1. The van der Waals surface area contributed by atoms with Gasteiger partial charge in [-0.3, -0.25) is 4.79 Å². The third-order valence-corrected chi connectivity index (χ3v) is 3.45. The molecule has 0 aliphatic heterocycles. The molecule has 1 aromatic carbocycles. The molecule has 1 N–H and O–H groups in total. The number of carbonyl (C=O) groups is 1. The Morgan fingerprint density at radius 1 is 1.35 bits per heavy atom. The molecule has 0 atom stereocenters. The van der Waals surface area contributed by atoms with Crippen molar-refractivity contribution in [3.8, 4) is 0 Å². The van der Waals surface area contributed by atoms with Gasteiger partial charge in [-0.15, -0.1) is 0 Å². The topological polar surface area (TPSA) is 29.1 Å². The molecule has 0 spiro atoms. The van der Waals surface area contributed by atoms with Gasteiger partial charge in [-0.05, 0) is 49.1 Å². The summed E-state index contributed by atoms with van der Waals surface area (Å²) >= 11 is 11.9. The number of halogens is 2. The first-order valence-electron chi connectivity index (χ1n) is 5.81. The lowest BCUT2D eigenvalue weighted by atomic mass is 10.1. The highest BCUT2D eigenvalue weighted by Crippen LogP contribution is 2.27. The Morgan fingerprint density at radius 3 is 2.82 bits per heavy atom. The second-order valence-electron chi connectivity index (χ2n) is 4.53. The lowest BCUT2D eigenvalue weighted by Gasteiger charge is -2.05. The zero-order chi connectivity index (χ0) is 12.3. The molecular formula is C13H15Cl2NO. The van der Waals surface area contributed by atoms with E-state index in [1.807, 2.05) is 0 Å². The quantitative estimate of drug-likeness (QED) is 0.862. The number of hydrogen-bond acceptors (Lipinski definition) is 2. The molecule has 0 unspecified atom stereocenters. The first-order chi connectivity index (χ1) is 8.15. The average Bonchev–Trinajstić information content (AvgIpc) is 3.07. The average molecular weight is 272 g/mol. The summed E-state index contributed by atoms with van der Waals surface area (Å²) in [6.45, 7) is 1.37. The van der Waals surface area contributed by atoms with Crippen LogP contribution in [0, 0.1) is 5.92 Å². The lowest BCUT2D eigenvalue weighted by Crippen LogP contribution is -2.26. The molecule has 0 heterocycles. The largest absolute Gasteiger partial charge is 0.310 e. The van der Waals surface area contributed by atoms with Crippen LogP contribution >= 0.6 is 23.2 Å². The molecule has 1 aliphatic carbocycles. The minimum absolute atomic E-state index is 0.148. The standard InChI is InChI=1S/C13H15Cl2NO/c14-11-3-4-13(15)10(5-11)6-12(17)8-16-7-9-1-2-9/h3-5,9,16H,1-2,6-8H2. The number of ketones is 1. The molecule has 1 aliphatic rings. The van der Waals surface area contributed by atoms with Crippen LogP contribution in [0.1, 0.15) is 18.4 Å². The number of nitrogens with one attached hydrogen (secondary N) is 1. The molecule has 1 aromatic rings. The van der Waals surface area contributed by atoms with Crippen LogP contribution in [0.25, 0.3) is 0 Å². The summed E-state index contributed by atoms with van der Waals surface area (Å²) in [5, 5.41) is 4.39. The van der Waals surface area contributed by atoms with Gasteiger partial charge in [-0.2, -0.15) is 0 Å². The maximum atomic E-state index is 11.7. The minimum Gasteiger partial charge on any atom is -0.310 e. The molecule has 0 bridgehead atoms. The summed E-state index contributed by atoms with van der Waals surface area (Å²) in [4.78, 5) is 11.7. The van der Waals surface area contributed by atoms with Gasteiger partial charge < -0.3 is 5.32 Å². The van der Waals surface area contributed by atoms with Crippen molar-refractivity contribution in [2.75, 3.05) is 13.1 Å². The van der Waals surface area contributed by atoms with Crippen LogP contribution in [0.15, 0.2) is 18.2 Å². The van der Waals surface area contributed by atoms with Crippen molar-refractivity contribution >= 4 is 29.0 Å². The number of carbonyl (C=O) groups excluding carboxylic acids is 1. The number of rotatable bonds is 6. The summed E-state index contributed by atoms with van der Waals surface area (Å²) in [5.74, 6) is 0.937. The molecule has 4 heteroatoms. The van der Waals surface area contributed by atoms with Crippen LogP contribution in [0.2, 0.25) is 10.0 Å². The van der Waals surface area contributed by atoms with Crippen molar-refractivity contribution in [1.29, 1.82) is 0 Å². The van der Waals surface area contributed by atoms with E-state index in [-0.39, 0.29) is 5.78 Å². The third kappa shape index (κ3) is 4.30. The zero-order valence-corrected chi connectivity index (χ0v) is 11.0. The Hall–Kier alpha value is -0.570. The van der Waals surface area contributed by atoms with E-state index in [2.05, 4.69) is 5.32 Å². The van der Waals surface area contributed by atoms with Gasteiger partial charge in [0.05, 0.1) is 6.54 Å². The molecule has 17 heavy (non-hydrogen) atoms. The summed E-state index contributed by atoms with van der Waals surface area (Å²) in [6, 6.07) is 5.20. The van der Waals surface area contributed by atoms with Crippen molar-refractivity contribution in [2.24, 2.45) is 5.92 Å². The van der Waals surface area contributed by atoms with Crippen LogP contribution in [0.3, 0.4) is 0 Å². The fourth-order valence-electron chi connectivity index (χ4n) is 1.69. The predicted molar refractivity (Wildman–Crippen MR) is 70.8 cm³/mol. The Morgan fingerprint density at radius 2 is 2.12 bits per heavy atom. The molecule has 1 saturated carbocycles. The van der Waals surface area contributed by atoms with E-state index in [4.69, 9.17) is 23.2 Å². The lowest BCUT2D eigenvalue weighted by molar-refractivity contribution is -0.117. The number of benzene rings is 1. The van der Waals surface area contributed by atoms with Crippen molar-refractivity contribution in [2.45, 2.75) is 19.3 Å². The SMILES string of the molecule is O=C(CNCC1CC1)Cc1cc(Cl)ccc1Cl. The molecule has 2 rings (SSSR count). The van der Waals surface area contributed by atoms with E-state index in [9.17, 15) is 4.79 Å². The highest BCUT2D eigenvalue weighted by atomic mass is 35.5. The van der Waals surface area contributed by atoms with Crippen LogP contribution in [-0.2, 0) is 11.2 Å². The van der Waals surface area contributed by atoms with E-state index >= 15 is 0 Å². The molecule has 1 fully saturated rings. The molecule has 0 radical (unpaired) electrons. The molecule has 2 nitrogen and oxygen atoms in total. The summed E-state index contributed by atoms with van der Waals surface area (Å²) in [7, 11) is 0. The van der Waals surface area contributed by atoms with Crippen LogP contribution in [0.5, 0.6) is 0 Å². The predicted octanol–water partition coefficient (Wildman–Crippen LogP) is 3.10. The first-order valence-corrected chi connectivity index (χ1v) is 6.57. The highest BCUT2D eigenvalue weighted by molar-refractivity contribution is 6.33. The van der Waals surface area contributed by atoms with E-state index in [0.29, 0.717) is 23.0 Å². The van der Waals surface area contributed by atoms with Gasteiger partial charge in [0.15, 0.2) is 5.78 Å². The smallest absolute Gasteiger partial charge is 0.151 e. The van der Waals surface area contributed by atoms with Gasteiger partial charge in [0.25, 0.3) is 0 Å². The molecular weight excluding hydrogens is 257 g/mol. The normalized spacial score (nSPS) is 14.9. The zero-order valence-electron chi connectivity index (χ0n) is 9.51. The Labute approximate surface area is 111 Å². The fourth-order valence-corrected chi connectivity index (χ4v) is 2.07. The fraction of sp³-hybridized carbons (Fsp3) is 0.462. The monoisotopic (exact) mass is 271 g/mol. The van der Waals surface area contributed by atoms with E-state index in [1.54, 1.807) is 18.2 Å². The van der Waals surface area contributed by atoms with Gasteiger partial charge in [-0.25, -0.2) is 0 Å². The molecule has 0 saturated heterocycles. The van der Waals surface area contributed by atoms with Gasteiger partial charge in [0, 0.05) is 16.5 Å². The van der Waals surface area contributed by atoms with Crippen molar-refractivity contribution < 1.29 is 4.79 Å². The second kappa shape index (κ2) is 5.85. The summed E-state index contributed by atoms with van der Waals surface area (Å²) in [6.07, 6.45) is 2.93. The van der Waals surface area contributed by atoms with Crippen molar-refractivity contribution in [3.05, 3.63) is 33.8 Å². The Bertz CT molecular complexity index is 416. The van der Waals surface area contributed by atoms with Crippen LogP contribution in [-0.4, -0.2) is 18.9 Å². The molecule has 0 amide bonds. The number of hydrogen-bond donors (Lipinski definition) is 1. The first kappa shape index (κ1) is 12.9. The van der Waals surface area contributed by atoms with Gasteiger partial charge in [-0.1, -0.05) is 23.2 Å². The van der Waals surface area contributed by atoms with E-state index in [1.165, 1.54) is 12.8 Å². The highest BCUT2D eigenvalue weighted by Gasteiger charge is 2.20. The maximum absolute atomic E-state index is 11.7. The van der Waals surface area contributed by atoms with Crippen molar-refractivity contribution in [3.63, 3.8) is 0 Å². The van der Waals surface area contributed by atoms with Gasteiger partial charge in [0.2, 0.25) is 0 Å². The van der Waals surface area contributed by atoms with Gasteiger partial charge in [0.1, 0.15) is 0 Å². The second-order valence-corrected chi connectivity index (χ2v) is 5.37. The summed E-state index contributed by atoms with van der Waals surface area (Å²) in [5.41, 5.74) is 0.803.